The van der Waals surface area contributed by atoms with E-state index in [0.29, 0.717) is 5.92 Å². The fraction of sp³-hybridized carbons (Fsp3) is 0.625. The third kappa shape index (κ3) is 3.55. The van der Waals surface area contributed by atoms with Gasteiger partial charge < -0.3 is 10.5 Å². The molecule has 0 saturated heterocycles. The van der Waals surface area contributed by atoms with Gasteiger partial charge in [-0.1, -0.05) is 26.0 Å². The first kappa shape index (κ1) is 15.4. The predicted octanol–water partition coefficient (Wildman–Crippen LogP) is 3.81. The maximum absolute atomic E-state index is 13.6. The second-order valence-electron chi connectivity index (χ2n) is 5.97. The van der Waals surface area contributed by atoms with E-state index < -0.39 is 17.7 Å². The lowest BCUT2D eigenvalue weighted by atomic mass is 9.80. The summed E-state index contributed by atoms with van der Waals surface area (Å²) in [6.45, 7) is 4.72. The van der Waals surface area contributed by atoms with E-state index in [4.69, 9.17) is 10.5 Å². The molecule has 112 valence electrons. The molecule has 0 bridgehead atoms. The van der Waals surface area contributed by atoms with Crippen molar-refractivity contribution in [3.05, 3.63) is 35.4 Å². The highest BCUT2D eigenvalue weighted by Gasteiger charge is 2.26. The Morgan fingerprint density at radius 1 is 1.25 bits per heavy atom. The van der Waals surface area contributed by atoms with Crippen LogP contribution in [0.1, 0.15) is 44.7 Å². The van der Waals surface area contributed by atoms with Crippen molar-refractivity contribution in [3.8, 4) is 0 Å². The van der Waals surface area contributed by atoms with Gasteiger partial charge in [0.15, 0.2) is 11.6 Å². The Balaban J connectivity index is 1.89. The van der Waals surface area contributed by atoms with Crippen molar-refractivity contribution in [2.75, 3.05) is 6.61 Å². The van der Waals surface area contributed by atoms with Crippen molar-refractivity contribution in [2.45, 2.75) is 45.3 Å². The third-order valence-electron chi connectivity index (χ3n) is 4.44. The van der Waals surface area contributed by atoms with Gasteiger partial charge in [0.2, 0.25) is 0 Å². The molecule has 2 rings (SSSR count). The second-order valence-corrected chi connectivity index (χ2v) is 5.97. The molecule has 1 aromatic carbocycles. The number of hydrogen-bond donors (Lipinski definition) is 1. The minimum absolute atomic E-state index is 0.183. The SMILES string of the molecule is CC1CCC(OCC(N)c2cccc(F)c2F)CC1C. The van der Waals surface area contributed by atoms with Crippen molar-refractivity contribution < 1.29 is 13.5 Å². The molecule has 1 aromatic rings. The molecular weight excluding hydrogens is 260 g/mol. The van der Waals surface area contributed by atoms with Crippen LogP contribution in [-0.4, -0.2) is 12.7 Å². The lowest BCUT2D eigenvalue weighted by molar-refractivity contribution is -0.00397. The van der Waals surface area contributed by atoms with Gasteiger partial charge in [0.05, 0.1) is 18.8 Å². The highest BCUT2D eigenvalue weighted by Crippen LogP contribution is 2.31. The summed E-state index contributed by atoms with van der Waals surface area (Å²) in [5.74, 6) is -0.368. The Morgan fingerprint density at radius 2 is 2.00 bits per heavy atom. The zero-order valence-electron chi connectivity index (χ0n) is 12.1. The summed E-state index contributed by atoms with van der Waals surface area (Å²) in [4.78, 5) is 0. The normalized spacial score (nSPS) is 28.4. The van der Waals surface area contributed by atoms with Crippen molar-refractivity contribution in [1.82, 2.24) is 0 Å². The van der Waals surface area contributed by atoms with Crippen molar-refractivity contribution in [1.29, 1.82) is 0 Å². The van der Waals surface area contributed by atoms with Gasteiger partial charge in [-0.3, -0.25) is 0 Å². The van der Waals surface area contributed by atoms with Crippen LogP contribution in [0.2, 0.25) is 0 Å². The van der Waals surface area contributed by atoms with Crippen LogP contribution >= 0.6 is 0 Å². The molecular formula is C16H23F2NO. The van der Waals surface area contributed by atoms with Crippen LogP contribution in [0.25, 0.3) is 0 Å². The van der Waals surface area contributed by atoms with E-state index in [9.17, 15) is 8.78 Å². The molecule has 0 aliphatic heterocycles. The monoisotopic (exact) mass is 283 g/mol. The summed E-state index contributed by atoms with van der Waals surface area (Å²) >= 11 is 0. The zero-order valence-corrected chi connectivity index (χ0v) is 12.1. The molecule has 0 heterocycles. The van der Waals surface area contributed by atoms with E-state index in [1.54, 1.807) is 0 Å². The van der Waals surface area contributed by atoms with Gasteiger partial charge in [-0.15, -0.1) is 0 Å². The lowest BCUT2D eigenvalue weighted by Gasteiger charge is -2.32. The van der Waals surface area contributed by atoms with Crippen LogP contribution in [0.3, 0.4) is 0 Å². The second kappa shape index (κ2) is 6.64. The number of ether oxygens (including phenoxy) is 1. The predicted molar refractivity (Wildman–Crippen MR) is 75.2 cm³/mol. The summed E-state index contributed by atoms with van der Waals surface area (Å²) in [7, 11) is 0. The summed E-state index contributed by atoms with van der Waals surface area (Å²) in [6, 6.07) is 3.45. The first-order valence-electron chi connectivity index (χ1n) is 7.30. The molecule has 4 unspecified atom stereocenters. The average molecular weight is 283 g/mol. The van der Waals surface area contributed by atoms with E-state index in [2.05, 4.69) is 13.8 Å². The van der Waals surface area contributed by atoms with E-state index in [1.807, 2.05) is 0 Å². The summed E-state index contributed by atoms with van der Waals surface area (Å²) in [5, 5.41) is 0. The fourth-order valence-electron chi connectivity index (χ4n) is 2.79. The standard InChI is InChI=1S/C16H23F2NO/c1-10-6-7-12(8-11(10)2)20-9-15(19)13-4-3-5-14(17)16(13)18/h3-5,10-12,15H,6-9,19H2,1-2H3. The van der Waals surface area contributed by atoms with Crippen LogP contribution in [-0.2, 0) is 4.74 Å². The molecule has 0 amide bonds. The van der Waals surface area contributed by atoms with Gasteiger partial charge in [-0.25, -0.2) is 8.78 Å². The van der Waals surface area contributed by atoms with Crippen LogP contribution in [0.4, 0.5) is 8.78 Å². The Morgan fingerprint density at radius 3 is 2.70 bits per heavy atom. The lowest BCUT2D eigenvalue weighted by Crippen LogP contribution is -2.29. The first-order valence-corrected chi connectivity index (χ1v) is 7.30. The Hall–Kier alpha value is -1.00. The van der Waals surface area contributed by atoms with Crippen LogP contribution in [0.15, 0.2) is 18.2 Å². The molecule has 0 radical (unpaired) electrons. The van der Waals surface area contributed by atoms with Gasteiger partial charge in [0, 0.05) is 5.56 Å². The first-order chi connectivity index (χ1) is 9.49. The van der Waals surface area contributed by atoms with Crippen molar-refractivity contribution >= 4 is 0 Å². The number of rotatable bonds is 4. The quantitative estimate of drug-likeness (QED) is 0.912. The minimum atomic E-state index is -0.866. The van der Waals surface area contributed by atoms with Gasteiger partial charge in [0.25, 0.3) is 0 Å². The van der Waals surface area contributed by atoms with Crippen molar-refractivity contribution in [3.63, 3.8) is 0 Å². The molecule has 4 heteroatoms. The van der Waals surface area contributed by atoms with Crippen LogP contribution in [0.5, 0.6) is 0 Å². The molecule has 1 saturated carbocycles. The maximum Gasteiger partial charge on any atom is 0.163 e. The molecule has 0 spiro atoms. The van der Waals surface area contributed by atoms with Crippen LogP contribution < -0.4 is 5.73 Å². The largest absolute Gasteiger partial charge is 0.376 e. The van der Waals surface area contributed by atoms with Gasteiger partial charge in [-0.2, -0.15) is 0 Å². The molecule has 1 aliphatic carbocycles. The molecule has 4 atom stereocenters. The number of hydrogen-bond acceptors (Lipinski definition) is 2. The molecule has 2 nitrogen and oxygen atoms in total. The Bertz CT molecular complexity index is 452. The summed E-state index contributed by atoms with van der Waals surface area (Å²) in [5.41, 5.74) is 6.09. The molecule has 1 aliphatic rings. The fourth-order valence-corrected chi connectivity index (χ4v) is 2.79. The minimum Gasteiger partial charge on any atom is -0.376 e. The topological polar surface area (TPSA) is 35.2 Å². The molecule has 1 fully saturated rings. The Kier molecular flexibility index (Phi) is 5.11. The summed E-state index contributed by atoms with van der Waals surface area (Å²) in [6.07, 6.45) is 3.36. The van der Waals surface area contributed by atoms with E-state index in [0.717, 1.165) is 31.2 Å². The van der Waals surface area contributed by atoms with Crippen LogP contribution in [0, 0.1) is 23.5 Å². The molecule has 20 heavy (non-hydrogen) atoms. The van der Waals surface area contributed by atoms with Crippen molar-refractivity contribution in [2.24, 2.45) is 17.6 Å². The highest BCUT2D eigenvalue weighted by molar-refractivity contribution is 5.22. The Labute approximate surface area is 119 Å². The number of halogens is 2. The summed E-state index contributed by atoms with van der Waals surface area (Å²) < 4.78 is 32.6. The molecule has 0 aromatic heterocycles. The van der Waals surface area contributed by atoms with Gasteiger partial charge in [0.1, 0.15) is 0 Å². The number of nitrogens with two attached hydrogens (primary N) is 1. The molecule has 2 N–H and O–H groups in total. The van der Waals surface area contributed by atoms with Gasteiger partial charge in [-0.05, 0) is 37.2 Å². The van der Waals surface area contributed by atoms with E-state index in [1.165, 1.54) is 12.1 Å². The maximum atomic E-state index is 13.6. The highest BCUT2D eigenvalue weighted by atomic mass is 19.2. The van der Waals surface area contributed by atoms with Gasteiger partial charge >= 0.3 is 0 Å². The number of benzene rings is 1. The zero-order chi connectivity index (χ0) is 14.7. The average Bonchev–Trinajstić information content (AvgIpc) is 2.43. The third-order valence-corrected chi connectivity index (χ3v) is 4.44. The smallest absolute Gasteiger partial charge is 0.163 e. The van der Waals surface area contributed by atoms with E-state index in [-0.39, 0.29) is 18.3 Å². The van der Waals surface area contributed by atoms with E-state index >= 15 is 0 Å².